The fraction of sp³-hybridized carbons (Fsp3) is 0.421. The topological polar surface area (TPSA) is 71.2 Å². The minimum atomic E-state index is -0.955. The molecule has 1 N–H and O–H groups in total. The van der Waals surface area contributed by atoms with E-state index in [0.29, 0.717) is 25.9 Å². The van der Waals surface area contributed by atoms with Crippen LogP contribution in [0.1, 0.15) is 31.2 Å². The highest BCUT2D eigenvalue weighted by Crippen LogP contribution is 2.25. The van der Waals surface area contributed by atoms with Crippen LogP contribution >= 0.6 is 0 Å². The molecule has 6 heteroatoms. The lowest BCUT2D eigenvalue weighted by Gasteiger charge is -2.38. The van der Waals surface area contributed by atoms with E-state index in [0.717, 1.165) is 23.4 Å². The van der Waals surface area contributed by atoms with E-state index in [2.05, 4.69) is 10.2 Å². The summed E-state index contributed by atoms with van der Waals surface area (Å²) in [5.74, 6) is 0.672. The Labute approximate surface area is 147 Å². The maximum atomic E-state index is 12.6. The normalized spacial score (nSPS) is 21.4. The molecular weight excluding hydrogens is 316 g/mol. The molecule has 3 rings (SSSR count). The highest BCUT2D eigenvalue weighted by molar-refractivity contribution is 5.95. The van der Waals surface area contributed by atoms with Gasteiger partial charge in [-0.2, -0.15) is 0 Å². The van der Waals surface area contributed by atoms with E-state index in [4.69, 9.17) is 0 Å². The Morgan fingerprint density at radius 3 is 2.80 bits per heavy atom. The number of piperidine rings is 1. The zero-order valence-electron chi connectivity index (χ0n) is 14.7. The van der Waals surface area contributed by atoms with E-state index in [-0.39, 0.29) is 5.91 Å². The number of hydrogen-bond acceptors (Lipinski definition) is 4. The van der Waals surface area contributed by atoms with Crippen LogP contribution in [0.4, 0.5) is 0 Å². The molecule has 0 aliphatic carbocycles. The molecule has 132 valence electrons. The minimum Gasteiger partial charge on any atom is -0.388 e. The first-order chi connectivity index (χ1) is 12.0. The van der Waals surface area contributed by atoms with Crippen molar-refractivity contribution in [3.05, 3.63) is 54.1 Å². The summed E-state index contributed by atoms with van der Waals surface area (Å²) in [7, 11) is 1.86. The number of β-amino-alcohol motifs (C(OH)–C–C–N with tert-alkyl or cyclic N) is 1. The van der Waals surface area contributed by atoms with Crippen LogP contribution in [0.15, 0.2) is 42.7 Å². The quantitative estimate of drug-likeness (QED) is 0.862. The first-order valence-electron chi connectivity index (χ1n) is 8.55. The average molecular weight is 340 g/mol. The number of aliphatic hydroxyl groups is 1. The number of likely N-dealkylation sites (tertiary alicyclic amines) is 1. The van der Waals surface area contributed by atoms with Gasteiger partial charge in [-0.15, -0.1) is 10.2 Å². The Hall–Kier alpha value is -2.47. The van der Waals surface area contributed by atoms with Crippen molar-refractivity contribution < 1.29 is 9.90 Å². The second-order valence-electron chi connectivity index (χ2n) is 6.82. The molecule has 6 nitrogen and oxygen atoms in total. The third-order valence-corrected chi connectivity index (χ3v) is 4.73. The van der Waals surface area contributed by atoms with Gasteiger partial charge in [-0.3, -0.25) is 4.79 Å². The van der Waals surface area contributed by atoms with Crippen LogP contribution in [0.2, 0.25) is 0 Å². The Morgan fingerprint density at radius 2 is 2.12 bits per heavy atom. The van der Waals surface area contributed by atoms with Crippen molar-refractivity contribution in [1.82, 2.24) is 19.7 Å². The van der Waals surface area contributed by atoms with Crippen molar-refractivity contribution in [2.75, 3.05) is 13.1 Å². The van der Waals surface area contributed by atoms with Crippen LogP contribution in [-0.2, 0) is 18.3 Å². The maximum Gasteiger partial charge on any atom is 0.246 e. The first-order valence-corrected chi connectivity index (χ1v) is 8.55. The number of amides is 1. The van der Waals surface area contributed by atoms with Gasteiger partial charge >= 0.3 is 0 Å². The van der Waals surface area contributed by atoms with Crippen molar-refractivity contribution in [3.63, 3.8) is 0 Å². The zero-order valence-corrected chi connectivity index (χ0v) is 14.7. The number of hydrogen-bond donors (Lipinski definition) is 1. The molecule has 2 aromatic rings. The van der Waals surface area contributed by atoms with Crippen molar-refractivity contribution in [1.29, 1.82) is 0 Å². The lowest BCUT2D eigenvalue weighted by Crippen LogP contribution is -2.51. The Morgan fingerprint density at radius 1 is 1.36 bits per heavy atom. The van der Waals surface area contributed by atoms with Gasteiger partial charge in [-0.05, 0) is 30.9 Å². The summed E-state index contributed by atoms with van der Waals surface area (Å²) in [6.07, 6.45) is 5.11. The van der Waals surface area contributed by atoms with E-state index in [1.54, 1.807) is 21.9 Å². The second kappa shape index (κ2) is 7.19. The van der Waals surface area contributed by atoms with Gasteiger partial charge in [0.05, 0.1) is 12.1 Å². The van der Waals surface area contributed by atoms with Gasteiger partial charge in [0.25, 0.3) is 0 Å². The predicted octanol–water partition coefficient (Wildman–Crippen LogP) is 1.81. The standard InChI is InChI=1S/C19H24N4O2/c1-15(16-7-4-3-5-8-16)11-18(24)23-10-6-9-19(25,13-23)12-17-21-20-14-22(17)2/h3-5,7-8,11,14,25H,6,9-10,12-13H2,1-2H3/b15-11+. The largest absolute Gasteiger partial charge is 0.388 e. The summed E-state index contributed by atoms with van der Waals surface area (Å²) in [6, 6.07) is 9.84. The van der Waals surface area contributed by atoms with E-state index in [1.807, 2.05) is 44.3 Å². The highest BCUT2D eigenvalue weighted by atomic mass is 16.3. The molecule has 1 aliphatic rings. The molecule has 1 aromatic heterocycles. The predicted molar refractivity (Wildman–Crippen MR) is 95.6 cm³/mol. The summed E-state index contributed by atoms with van der Waals surface area (Å²) >= 11 is 0. The Bertz CT molecular complexity index is 769. The van der Waals surface area contributed by atoms with Gasteiger partial charge in [0, 0.05) is 26.1 Å². The number of aryl methyl sites for hydroxylation is 1. The Balaban J connectivity index is 1.70. The van der Waals surface area contributed by atoms with Gasteiger partial charge < -0.3 is 14.6 Å². The third-order valence-electron chi connectivity index (χ3n) is 4.73. The van der Waals surface area contributed by atoms with Gasteiger partial charge in [0.2, 0.25) is 5.91 Å². The second-order valence-corrected chi connectivity index (χ2v) is 6.82. The molecule has 0 saturated carbocycles. The molecule has 2 heterocycles. The van der Waals surface area contributed by atoms with Gasteiger partial charge in [0.1, 0.15) is 12.2 Å². The van der Waals surface area contributed by atoms with E-state index in [1.165, 1.54) is 0 Å². The van der Waals surface area contributed by atoms with Gasteiger partial charge in [0.15, 0.2) is 0 Å². The molecule has 0 radical (unpaired) electrons. The van der Waals surface area contributed by atoms with Crippen LogP contribution in [0.5, 0.6) is 0 Å². The highest BCUT2D eigenvalue weighted by Gasteiger charge is 2.36. The van der Waals surface area contributed by atoms with Crippen LogP contribution in [0.25, 0.3) is 5.57 Å². The molecule has 1 amide bonds. The fourth-order valence-electron chi connectivity index (χ4n) is 3.27. The number of benzene rings is 1. The number of allylic oxidation sites excluding steroid dienone is 1. The van der Waals surface area contributed by atoms with Crippen LogP contribution < -0.4 is 0 Å². The zero-order chi connectivity index (χ0) is 17.9. The average Bonchev–Trinajstić information content (AvgIpc) is 2.99. The molecule has 0 spiro atoms. The summed E-state index contributed by atoms with van der Waals surface area (Å²) in [5.41, 5.74) is 0.999. The SMILES string of the molecule is C/C(=C\C(=O)N1CCCC(O)(Cc2nncn2C)C1)c1ccccc1. The molecule has 0 bridgehead atoms. The van der Waals surface area contributed by atoms with E-state index >= 15 is 0 Å². The maximum absolute atomic E-state index is 12.6. The molecule has 1 unspecified atom stereocenters. The molecular formula is C19H24N4O2. The van der Waals surface area contributed by atoms with Crippen LogP contribution in [0.3, 0.4) is 0 Å². The number of rotatable bonds is 4. The molecule has 1 aliphatic heterocycles. The Kier molecular flexibility index (Phi) is 4.99. The summed E-state index contributed by atoms with van der Waals surface area (Å²) in [4.78, 5) is 14.4. The summed E-state index contributed by atoms with van der Waals surface area (Å²) in [5, 5.41) is 18.9. The smallest absolute Gasteiger partial charge is 0.246 e. The number of aromatic nitrogens is 3. The lowest BCUT2D eigenvalue weighted by atomic mass is 9.89. The molecule has 1 saturated heterocycles. The monoisotopic (exact) mass is 340 g/mol. The first kappa shape index (κ1) is 17.4. The van der Waals surface area contributed by atoms with Crippen molar-refractivity contribution in [2.45, 2.75) is 31.8 Å². The van der Waals surface area contributed by atoms with Crippen molar-refractivity contribution >= 4 is 11.5 Å². The molecule has 1 atom stereocenters. The van der Waals surface area contributed by atoms with Crippen molar-refractivity contribution in [2.24, 2.45) is 7.05 Å². The van der Waals surface area contributed by atoms with Crippen LogP contribution in [0, 0.1) is 0 Å². The molecule has 1 aromatic carbocycles. The summed E-state index contributed by atoms with van der Waals surface area (Å²) < 4.78 is 1.80. The van der Waals surface area contributed by atoms with Crippen molar-refractivity contribution in [3.8, 4) is 0 Å². The van der Waals surface area contributed by atoms with E-state index in [9.17, 15) is 9.90 Å². The fourth-order valence-corrected chi connectivity index (χ4v) is 3.27. The minimum absolute atomic E-state index is 0.0579. The molecule has 25 heavy (non-hydrogen) atoms. The van der Waals surface area contributed by atoms with E-state index < -0.39 is 5.60 Å². The third kappa shape index (κ3) is 4.14. The van der Waals surface area contributed by atoms with Gasteiger partial charge in [-0.1, -0.05) is 30.3 Å². The number of carbonyl (C=O) groups excluding carboxylic acids is 1. The van der Waals surface area contributed by atoms with Gasteiger partial charge in [-0.25, -0.2) is 0 Å². The number of nitrogens with zero attached hydrogens (tertiary/aromatic N) is 4. The molecule has 1 fully saturated rings. The lowest BCUT2D eigenvalue weighted by molar-refractivity contribution is -0.133. The number of carbonyl (C=O) groups is 1. The summed E-state index contributed by atoms with van der Waals surface area (Å²) in [6.45, 7) is 2.92. The van der Waals surface area contributed by atoms with Crippen LogP contribution in [-0.4, -0.2) is 49.4 Å².